The van der Waals surface area contributed by atoms with E-state index in [9.17, 15) is 0 Å². The van der Waals surface area contributed by atoms with Gasteiger partial charge in [-0.05, 0) is 62.3 Å². The van der Waals surface area contributed by atoms with Crippen LogP contribution < -0.4 is 21.3 Å². The van der Waals surface area contributed by atoms with Crippen molar-refractivity contribution in [1.82, 2.24) is 31.2 Å². The van der Waals surface area contributed by atoms with E-state index in [2.05, 4.69) is 61.5 Å². The smallest absolute Gasteiger partial charge is 0.0541 e. The Bertz CT molecular complexity index is 679. The summed E-state index contributed by atoms with van der Waals surface area (Å²) in [6.45, 7) is 11.3. The highest BCUT2D eigenvalue weighted by Gasteiger charge is 2.07. The Morgan fingerprint density at radius 2 is 1.57 bits per heavy atom. The Morgan fingerprint density at radius 1 is 0.767 bits per heavy atom. The van der Waals surface area contributed by atoms with E-state index >= 15 is 0 Å². The number of hydrogen-bond acceptors (Lipinski definition) is 6. The number of benzene rings is 1. The molecule has 6 heteroatoms. The lowest BCUT2D eigenvalue weighted by atomic mass is 10.1. The Labute approximate surface area is 181 Å². The highest BCUT2D eigenvalue weighted by Crippen LogP contribution is 2.09. The van der Waals surface area contributed by atoms with Crippen molar-refractivity contribution >= 4 is 0 Å². The summed E-state index contributed by atoms with van der Waals surface area (Å²) in [4.78, 5) is 6.96. The van der Waals surface area contributed by atoms with Crippen LogP contribution in [0.15, 0.2) is 48.7 Å². The number of nitrogens with zero attached hydrogens (tertiary/aromatic N) is 2. The fourth-order valence-electron chi connectivity index (χ4n) is 3.76. The quantitative estimate of drug-likeness (QED) is 0.582. The van der Waals surface area contributed by atoms with Crippen LogP contribution in [0.25, 0.3) is 0 Å². The van der Waals surface area contributed by atoms with Crippen LogP contribution in [0.5, 0.6) is 0 Å². The van der Waals surface area contributed by atoms with E-state index in [1.807, 2.05) is 18.3 Å². The minimum atomic E-state index is 0.797. The molecule has 0 radical (unpaired) electrons. The lowest BCUT2D eigenvalue weighted by Gasteiger charge is -2.23. The van der Waals surface area contributed by atoms with E-state index in [1.54, 1.807) is 0 Å². The zero-order valence-electron chi connectivity index (χ0n) is 18.2. The Morgan fingerprint density at radius 3 is 2.40 bits per heavy atom. The molecule has 0 spiro atoms. The molecule has 0 unspecified atom stereocenters. The summed E-state index contributed by atoms with van der Waals surface area (Å²) in [6.07, 6.45) is 4.22. The highest BCUT2D eigenvalue weighted by atomic mass is 15.1. The second-order valence-electron chi connectivity index (χ2n) is 7.98. The van der Waals surface area contributed by atoms with Gasteiger partial charge in [-0.15, -0.1) is 0 Å². The molecule has 164 valence electrons. The first-order valence-corrected chi connectivity index (χ1v) is 11.4. The van der Waals surface area contributed by atoms with Gasteiger partial charge in [0.15, 0.2) is 0 Å². The first-order valence-electron chi connectivity index (χ1n) is 11.4. The Kier molecular flexibility index (Phi) is 10.8. The molecule has 1 aliphatic heterocycles. The second-order valence-corrected chi connectivity index (χ2v) is 7.98. The molecule has 0 amide bonds. The molecule has 1 aromatic carbocycles. The zero-order valence-corrected chi connectivity index (χ0v) is 18.2. The normalized spacial score (nSPS) is 18.0. The van der Waals surface area contributed by atoms with Crippen LogP contribution in [0.1, 0.15) is 29.7 Å². The molecule has 1 saturated heterocycles. The zero-order chi connectivity index (χ0) is 20.7. The molecule has 1 aliphatic rings. The minimum absolute atomic E-state index is 0.797. The van der Waals surface area contributed by atoms with E-state index in [4.69, 9.17) is 0 Å². The molecule has 1 aromatic heterocycles. The number of nitrogens with one attached hydrogen (secondary N) is 4. The summed E-state index contributed by atoms with van der Waals surface area (Å²) in [5, 5.41) is 14.1. The van der Waals surface area contributed by atoms with Gasteiger partial charge in [-0.1, -0.05) is 30.3 Å². The molecule has 4 N–H and O–H groups in total. The molecule has 30 heavy (non-hydrogen) atoms. The maximum Gasteiger partial charge on any atom is 0.0541 e. The van der Waals surface area contributed by atoms with E-state index in [-0.39, 0.29) is 0 Å². The molecule has 0 bridgehead atoms. The number of rotatable bonds is 6. The Hall–Kier alpha value is -1.83. The standard InChI is InChI=1S/C24H38N6/c1-2-12-29-24(8-1)20-28-19-22-6-3-7-23(18-22)21-30-16-5-11-26-14-13-25-9-4-10-27-15-17-30/h1-3,6-8,12,18,25-28H,4-5,9-11,13-17,19-21H2. The van der Waals surface area contributed by atoms with E-state index in [0.29, 0.717) is 0 Å². The van der Waals surface area contributed by atoms with Crippen molar-refractivity contribution in [3.8, 4) is 0 Å². The fraction of sp³-hybridized carbons (Fsp3) is 0.542. The van der Waals surface area contributed by atoms with Crippen LogP contribution in [0.4, 0.5) is 0 Å². The van der Waals surface area contributed by atoms with Gasteiger partial charge < -0.3 is 21.3 Å². The predicted octanol–water partition coefficient (Wildman–Crippen LogP) is 1.74. The van der Waals surface area contributed by atoms with Crippen molar-refractivity contribution in [2.75, 3.05) is 52.4 Å². The topological polar surface area (TPSA) is 64.2 Å². The average Bonchev–Trinajstić information content (AvgIpc) is 2.77. The van der Waals surface area contributed by atoms with E-state index < -0.39 is 0 Å². The molecule has 1 fully saturated rings. The van der Waals surface area contributed by atoms with Gasteiger partial charge in [0.05, 0.1) is 5.69 Å². The maximum absolute atomic E-state index is 4.38. The number of aromatic nitrogens is 1. The van der Waals surface area contributed by atoms with Crippen molar-refractivity contribution in [2.45, 2.75) is 32.5 Å². The lowest BCUT2D eigenvalue weighted by Crippen LogP contribution is -2.36. The fourth-order valence-corrected chi connectivity index (χ4v) is 3.76. The van der Waals surface area contributed by atoms with Crippen molar-refractivity contribution < 1.29 is 0 Å². The van der Waals surface area contributed by atoms with Crippen molar-refractivity contribution in [3.05, 3.63) is 65.5 Å². The van der Waals surface area contributed by atoms with Crippen LogP contribution in [-0.4, -0.2) is 62.2 Å². The van der Waals surface area contributed by atoms with Gasteiger partial charge in [0.25, 0.3) is 0 Å². The first-order chi connectivity index (χ1) is 14.9. The predicted molar refractivity (Wildman–Crippen MR) is 124 cm³/mol. The summed E-state index contributed by atoms with van der Waals surface area (Å²) >= 11 is 0. The van der Waals surface area contributed by atoms with Gasteiger partial charge in [-0.25, -0.2) is 0 Å². The van der Waals surface area contributed by atoms with Crippen LogP contribution in [0, 0.1) is 0 Å². The van der Waals surface area contributed by atoms with Crippen LogP contribution in [0.3, 0.4) is 0 Å². The van der Waals surface area contributed by atoms with E-state index in [1.165, 1.54) is 24.0 Å². The summed E-state index contributed by atoms with van der Waals surface area (Å²) in [5.74, 6) is 0. The third kappa shape index (κ3) is 9.32. The molecule has 2 heterocycles. The molecule has 0 aliphatic carbocycles. The monoisotopic (exact) mass is 410 g/mol. The summed E-state index contributed by atoms with van der Waals surface area (Å²) in [5.41, 5.74) is 3.81. The van der Waals surface area contributed by atoms with Crippen molar-refractivity contribution in [2.24, 2.45) is 0 Å². The highest BCUT2D eigenvalue weighted by molar-refractivity contribution is 5.23. The molecule has 3 rings (SSSR count). The van der Waals surface area contributed by atoms with E-state index in [0.717, 1.165) is 77.7 Å². The third-order valence-electron chi connectivity index (χ3n) is 5.38. The number of hydrogen-bond donors (Lipinski definition) is 4. The summed E-state index contributed by atoms with van der Waals surface area (Å²) in [6, 6.07) is 15.0. The Balaban J connectivity index is 1.47. The molecular formula is C24H38N6. The van der Waals surface area contributed by atoms with Crippen LogP contribution in [0.2, 0.25) is 0 Å². The van der Waals surface area contributed by atoms with Gasteiger partial charge >= 0.3 is 0 Å². The number of pyridine rings is 1. The lowest BCUT2D eigenvalue weighted by molar-refractivity contribution is 0.260. The van der Waals surface area contributed by atoms with Crippen molar-refractivity contribution in [1.29, 1.82) is 0 Å². The maximum atomic E-state index is 4.38. The minimum Gasteiger partial charge on any atom is -0.315 e. The SMILES string of the molecule is c1ccc(CNCc2cccc(CN3CCCNCCNCCCNCC3)c2)nc1. The first kappa shape index (κ1) is 22.8. The summed E-state index contributed by atoms with van der Waals surface area (Å²) in [7, 11) is 0. The molecule has 2 aromatic rings. The third-order valence-corrected chi connectivity index (χ3v) is 5.38. The molecule has 0 atom stereocenters. The van der Waals surface area contributed by atoms with Gasteiger partial charge in [-0.3, -0.25) is 9.88 Å². The average molecular weight is 411 g/mol. The molecule has 0 saturated carbocycles. The second kappa shape index (κ2) is 14.2. The van der Waals surface area contributed by atoms with Gasteiger partial charge in [0.2, 0.25) is 0 Å². The van der Waals surface area contributed by atoms with Crippen molar-refractivity contribution in [3.63, 3.8) is 0 Å². The molecule has 6 nitrogen and oxygen atoms in total. The van der Waals surface area contributed by atoms with Crippen LogP contribution in [-0.2, 0) is 19.6 Å². The van der Waals surface area contributed by atoms with Crippen LogP contribution >= 0.6 is 0 Å². The summed E-state index contributed by atoms with van der Waals surface area (Å²) < 4.78 is 0. The van der Waals surface area contributed by atoms with Gasteiger partial charge in [0.1, 0.15) is 0 Å². The molecular weight excluding hydrogens is 372 g/mol. The van der Waals surface area contributed by atoms with Gasteiger partial charge in [0, 0.05) is 52.0 Å². The largest absolute Gasteiger partial charge is 0.315 e. The van der Waals surface area contributed by atoms with Gasteiger partial charge in [-0.2, -0.15) is 0 Å².